The number of aromatic amines is 1. The number of hydrogen-bond donors (Lipinski definition) is 1. The molecule has 0 saturated carbocycles. The Morgan fingerprint density at radius 2 is 2.07 bits per heavy atom. The van der Waals surface area contributed by atoms with Gasteiger partial charge in [0.05, 0.1) is 6.33 Å². The molecule has 0 fully saturated rings. The van der Waals surface area contributed by atoms with Crippen LogP contribution in [0.1, 0.15) is 40.3 Å². The zero-order chi connectivity index (χ0) is 11.2. The topological polar surface area (TPSA) is 45.8 Å². The van der Waals surface area contributed by atoms with Crippen molar-refractivity contribution in [3.8, 4) is 0 Å². The monoisotopic (exact) mass is 196 g/mol. The van der Waals surface area contributed by atoms with E-state index in [1.807, 2.05) is 27.7 Å². The predicted molar refractivity (Wildman–Crippen MR) is 58.1 cm³/mol. The van der Waals surface area contributed by atoms with Gasteiger partial charge in [-0.2, -0.15) is 0 Å². The Balaban J connectivity index is 0.000000791. The second kappa shape index (κ2) is 5.58. The fourth-order valence-corrected chi connectivity index (χ4v) is 0.982. The van der Waals surface area contributed by atoms with Crippen LogP contribution in [0.2, 0.25) is 0 Å². The van der Waals surface area contributed by atoms with Gasteiger partial charge in [-0.05, 0) is 6.92 Å². The van der Waals surface area contributed by atoms with E-state index in [9.17, 15) is 4.79 Å². The molecule has 1 N–H and O–H groups in total. The van der Waals surface area contributed by atoms with Gasteiger partial charge >= 0.3 is 0 Å². The summed E-state index contributed by atoms with van der Waals surface area (Å²) < 4.78 is 0. The summed E-state index contributed by atoms with van der Waals surface area (Å²) in [7, 11) is 0. The molecule has 0 aromatic carbocycles. The first-order valence-electron chi connectivity index (χ1n) is 5.00. The number of H-pyrrole nitrogens is 1. The molecular weight excluding hydrogens is 176 g/mol. The molecule has 80 valence electrons. The van der Waals surface area contributed by atoms with Gasteiger partial charge < -0.3 is 4.98 Å². The standard InChI is InChI=1S/C9H14N2O.C2H6/c1-7(12)9(2,3)4-8-5-10-6-11-8;1-2/h5-6H,4H2,1-3H3,(H,10,11);1-2H3. The number of imidazole rings is 1. The van der Waals surface area contributed by atoms with E-state index in [-0.39, 0.29) is 11.2 Å². The summed E-state index contributed by atoms with van der Waals surface area (Å²) >= 11 is 0. The average Bonchev–Trinajstić information content (AvgIpc) is 2.59. The number of Topliss-reactive ketones (excluding diaryl/α,β-unsaturated/α-hetero) is 1. The second-order valence-electron chi connectivity index (χ2n) is 3.69. The van der Waals surface area contributed by atoms with Crippen molar-refractivity contribution in [2.75, 3.05) is 0 Å². The average molecular weight is 196 g/mol. The summed E-state index contributed by atoms with van der Waals surface area (Å²) in [6.07, 6.45) is 4.11. The summed E-state index contributed by atoms with van der Waals surface area (Å²) in [5.74, 6) is 0.206. The Morgan fingerprint density at radius 3 is 2.43 bits per heavy atom. The molecule has 0 bridgehead atoms. The molecule has 0 aliphatic carbocycles. The largest absolute Gasteiger partial charge is 0.348 e. The van der Waals surface area contributed by atoms with Crippen LogP contribution in [0.5, 0.6) is 0 Å². The summed E-state index contributed by atoms with van der Waals surface area (Å²) in [6, 6.07) is 0. The summed E-state index contributed by atoms with van der Waals surface area (Å²) in [6.45, 7) is 9.50. The quantitative estimate of drug-likeness (QED) is 0.807. The zero-order valence-corrected chi connectivity index (χ0v) is 9.72. The third-order valence-corrected chi connectivity index (χ3v) is 2.14. The first-order valence-corrected chi connectivity index (χ1v) is 5.00. The highest BCUT2D eigenvalue weighted by Crippen LogP contribution is 2.21. The highest BCUT2D eigenvalue weighted by Gasteiger charge is 2.24. The third kappa shape index (κ3) is 3.73. The first-order chi connectivity index (χ1) is 6.52. The number of hydrogen-bond acceptors (Lipinski definition) is 2. The van der Waals surface area contributed by atoms with Crippen LogP contribution in [0, 0.1) is 5.41 Å². The van der Waals surface area contributed by atoms with Gasteiger partial charge in [-0.15, -0.1) is 0 Å². The normalized spacial score (nSPS) is 10.4. The zero-order valence-electron chi connectivity index (χ0n) is 9.72. The maximum absolute atomic E-state index is 11.2. The minimum absolute atomic E-state index is 0.206. The van der Waals surface area contributed by atoms with Crippen molar-refractivity contribution < 1.29 is 4.79 Å². The van der Waals surface area contributed by atoms with E-state index in [4.69, 9.17) is 0 Å². The smallest absolute Gasteiger partial charge is 0.135 e. The number of carbonyl (C=O) groups is 1. The highest BCUT2D eigenvalue weighted by molar-refractivity contribution is 5.81. The molecule has 0 radical (unpaired) electrons. The van der Waals surface area contributed by atoms with Gasteiger partial charge in [0.25, 0.3) is 0 Å². The van der Waals surface area contributed by atoms with E-state index in [0.717, 1.165) is 12.1 Å². The highest BCUT2D eigenvalue weighted by atomic mass is 16.1. The van der Waals surface area contributed by atoms with Crippen LogP contribution >= 0.6 is 0 Å². The molecule has 3 heteroatoms. The molecule has 1 heterocycles. The van der Waals surface area contributed by atoms with Crippen LogP contribution in [0.3, 0.4) is 0 Å². The lowest BCUT2D eigenvalue weighted by molar-refractivity contribution is -0.124. The Labute approximate surface area is 85.9 Å². The minimum Gasteiger partial charge on any atom is -0.348 e. The van der Waals surface area contributed by atoms with Crippen molar-refractivity contribution in [2.24, 2.45) is 5.41 Å². The lowest BCUT2D eigenvalue weighted by atomic mass is 9.84. The summed E-state index contributed by atoms with van der Waals surface area (Å²) in [5, 5.41) is 0. The van der Waals surface area contributed by atoms with Gasteiger partial charge in [-0.1, -0.05) is 27.7 Å². The van der Waals surface area contributed by atoms with Crippen LogP contribution < -0.4 is 0 Å². The van der Waals surface area contributed by atoms with E-state index in [0.29, 0.717) is 0 Å². The minimum atomic E-state index is -0.285. The molecule has 1 rings (SSSR count). The molecule has 0 atom stereocenters. The van der Waals surface area contributed by atoms with E-state index in [2.05, 4.69) is 9.97 Å². The van der Waals surface area contributed by atoms with E-state index in [1.165, 1.54) is 0 Å². The van der Waals surface area contributed by atoms with Gasteiger partial charge in [0.2, 0.25) is 0 Å². The van der Waals surface area contributed by atoms with Crippen molar-refractivity contribution in [1.29, 1.82) is 0 Å². The summed E-state index contributed by atoms with van der Waals surface area (Å²) in [5.41, 5.74) is 0.724. The number of aromatic nitrogens is 2. The lowest BCUT2D eigenvalue weighted by Crippen LogP contribution is -2.24. The van der Waals surface area contributed by atoms with Crippen LogP contribution in [0.15, 0.2) is 12.5 Å². The molecule has 0 spiro atoms. The maximum Gasteiger partial charge on any atom is 0.135 e. The molecule has 0 unspecified atom stereocenters. The number of ketones is 1. The van der Waals surface area contributed by atoms with Gasteiger partial charge in [-0.3, -0.25) is 4.79 Å². The Morgan fingerprint density at radius 1 is 1.50 bits per heavy atom. The van der Waals surface area contributed by atoms with Crippen molar-refractivity contribution in [3.05, 3.63) is 18.2 Å². The Bertz CT molecular complexity index is 263. The number of rotatable bonds is 3. The molecule has 1 aromatic rings. The van der Waals surface area contributed by atoms with E-state index < -0.39 is 0 Å². The van der Waals surface area contributed by atoms with Gasteiger partial charge in [0.1, 0.15) is 5.78 Å². The summed E-state index contributed by atoms with van der Waals surface area (Å²) in [4.78, 5) is 18.0. The molecule has 0 amide bonds. The van der Waals surface area contributed by atoms with Crippen LogP contribution in [-0.4, -0.2) is 15.8 Å². The van der Waals surface area contributed by atoms with Crippen molar-refractivity contribution in [1.82, 2.24) is 9.97 Å². The first kappa shape index (κ1) is 12.9. The molecule has 14 heavy (non-hydrogen) atoms. The molecule has 0 saturated heterocycles. The van der Waals surface area contributed by atoms with Crippen LogP contribution in [0.4, 0.5) is 0 Å². The fraction of sp³-hybridized carbons (Fsp3) is 0.636. The maximum atomic E-state index is 11.2. The lowest BCUT2D eigenvalue weighted by Gasteiger charge is -2.19. The molecule has 1 aromatic heterocycles. The van der Waals surface area contributed by atoms with Crippen LogP contribution in [0.25, 0.3) is 0 Å². The van der Waals surface area contributed by atoms with Crippen molar-refractivity contribution in [2.45, 2.75) is 41.0 Å². The fourth-order valence-electron chi connectivity index (χ4n) is 0.982. The third-order valence-electron chi connectivity index (χ3n) is 2.14. The van der Waals surface area contributed by atoms with Gasteiger partial charge in [0.15, 0.2) is 0 Å². The van der Waals surface area contributed by atoms with E-state index >= 15 is 0 Å². The van der Waals surface area contributed by atoms with Gasteiger partial charge in [-0.25, -0.2) is 4.98 Å². The molecular formula is C11H20N2O. The molecule has 0 aliphatic heterocycles. The number of nitrogens with one attached hydrogen (secondary N) is 1. The van der Waals surface area contributed by atoms with Gasteiger partial charge in [0, 0.05) is 23.7 Å². The van der Waals surface area contributed by atoms with E-state index in [1.54, 1.807) is 19.4 Å². The molecule has 3 nitrogen and oxygen atoms in total. The molecule has 0 aliphatic rings. The van der Waals surface area contributed by atoms with Crippen LogP contribution in [-0.2, 0) is 11.2 Å². The number of carbonyl (C=O) groups excluding carboxylic acids is 1. The Kier molecular flexibility index (Phi) is 5.13. The predicted octanol–water partition coefficient (Wildman–Crippen LogP) is 2.59. The number of nitrogens with zero attached hydrogens (tertiary/aromatic N) is 1. The van der Waals surface area contributed by atoms with Crippen molar-refractivity contribution >= 4 is 5.78 Å². The van der Waals surface area contributed by atoms with Crippen molar-refractivity contribution in [3.63, 3.8) is 0 Å². The SMILES string of the molecule is CC.CC(=O)C(C)(C)Cc1cnc[nH]1. The second-order valence-corrected chi connectivity index (χ2v) is 3.69. The Hall–Kier alpha value is -1.12.